The van der Waals surface area contributed by atoms with Gasteiger partial charge in [0.15, 0.2) is 10.4 Å². The molecule has 0 aliphatic heterocycles. The number of hydrogen-bond donors (Lipinski definition) is 1. The van der Waals surface area contributed by atoms with E-state index in [2.05, 4.69) is 26.4 Å². The minimum atomic E-state index is -0.270. The van der Waals surface area contributed by atoms with E-state index in [1.165, 1.54) is 0 Å². The minimum absolute atomic E-state index is 0.187. The molecule has 0 fully saturated rings. The van der Waals surface area contributed by atoms with E-state index in [0.717, 1.165) is 11.3 Å². The Morgan fingerprint density at radius 3 is 2.67 bits per heavy atom. The predicted octanol–water partition coefficient (Wildman–Crippen LogP) is 3.14. The zero-order valence-corrected chi connectivity index (χ0v) is 11.9. The molecule has 6 heteroatoms. The molecule has 18 heavy (non-hydrogen) atoms. The summed E-state index contributed by atoms with van der Waals surface area (Å²) in [7, 11) is 0. The molecule has 5 nitrogen and oxygen atoms in total. The topological polar surface area (TPSA) is 68.3 Å². The van der Waals surface area contributed by atoms with Crippen molar-refractivity contribution in [2.45, 2.75) is 26.8 Å². The summed E-state index contributed by atoms with van der Waals surface area (Å²) in [4.78, 5) is 11.9. The van der Waals surface area contributed by atoms with Gasteiger partial charge < -0.3 is 14.3 Å². The van der Waals surface area contributed by atoms with Crippen molar-refractivity contribution >= 4 is 21.8 Å². The van der Waals surface area contributed by atoms with Gasteiger partial charge in [0.05, 0.1) is 11.7 Å². The molecule has 96 valence electrons. The van der Waals surface area contributed by atoms with Crippen LogP contribution in [0.2, 0.25) is 0 Å². The van der Waals surface area contributed by atoms with Crippen LogP contribution < -0.4 is 5.32 Å². The molecule has 0 saturated heterocycles. The number of aromatic nitrogens is 1. The molecule has 1 amide bonds. The second-order valence-electron chi connectivity index (χ2n) is 4.04. The van der Waals surface area contributed by atoms with Gasteiger partial charge in [-0.05, 0) is 48.8 Å². The lowest BCUT2D eigenvalue weighted by molar-refractivity contribution is 0.0910. The monoisotopic (exact) mass is 312 g/mol. The highest BCUT2D eigenvalue weighted by molar-refractivity contribution is 9.10. The van der Waals surface area contributed by atoms with Gasteiger partial charge in [0, 0.05) is 5.56 Å². The van der Waals surface area contributed by atoms with Crippen LogP contribution in [0.4, 0.5) is 0 Å². The first-order valence-electron chi connectivity index (χ1n) is 5.48. The quantitative estimate of drug-likeness (QED) is 0.945. The molecule has 0 bridgehead atoms. The number of carbonyl (C=O) groups is 1. The van der Waals surface area contributed by atoms with E-state index >= 15 is 0 Å². The SMILES string of the molecule is Cc1noc(C)c1C(C)NC(=O)c1ccc(Br)o1. The molecule has 0 radical (unpaired) electrons. The van der Waals surface area contributed by atoms with Crippen LogP contribution in [-0.2, 0) is 0 Å². The van der Waals surface area contributed by atoms with Crippen molar-refractivity contribution in [3.8, 4) is 0 Å². The van der Waals surface area contributed by atoms with Crippen molar-refractivity contribution in [1.82, 2.24) is 10.5 Å². The molecule has 1 N–H and O–H groups in total. The van der Waals surface area contributed by atoms with E-state index in [9.17, 15) is 4.79 Å². The van der Waals surface area contributed by atoms with Gasteiger partial charge >= 0.3 is 0 Å². The highest BCUT2D eigenvalue weighted by atomic mass is 79.9. The molecule has 0 aromatic carbocycles. The second kappa shape index (κ2) is 4.97. The highest BCUT2D eigenvalue weighted by Crippen LogP contribution is 2.22. The molecule has 2 rings (SSSR count). The number of amides is 1. The Morgan fingerprint density at radius 1 is 1.44 bits per heavy atom. The first-order valence-corrected chi connectivity index (χ1v) is 6.27. The second-order valence-corrected chi connectivity index (χ2v) is 4.82. The summed E-state index contributed by atoms with van der Waals surface area (Å²) in [5, 5.41) is 6.70. The van der Waals surface area contributed by atoms with Crippen LogP contribution in [0.5, 0.6) is 0 Å². The largest absolute Gasteiger partial charge is 0.444 e. The standard InChI is InChI=1S/C12H13BrN2O3/c1-6(11-7(2)15-18-8(11)3)14-12(16)9-4-5-10(13)17-9/h4-6H,1-3H3,(H,14,16). The normalized spacial score (nSPS) is 12.4. The molecule has 0 saturated carbocycles. The molecule has 0 aliphatic rings. The van der Waals surface area contributed by atoms with Crippen LogP contribution in [0.15, 0.2) is 25.7 Å². The maximum absolute atomic E-state index is 11.9. The van der Waals surface area contributed by atoms with Crippen LogP contribution in [-0.4, -0.2) is 11.1 Å². The third kappa shape index (κ3) is 2.48. The Balaban J connectivity index is 2.13. The Hall–Kier alpha value is -1.56. The van der Waals surface area contributed by atoms with Gasteiger partial charge in [-0.25, -0.2) is 0 Å². The molecule has 2 aromatic heterocycles. The molecule has 2 aromatic rings. The van der Waals surface area contributed by atoms with E-state index in [1.807, 2.05) is 20.8 Å². The number of nitrogens with zero attached hydrogens (tertiary/aromatic N) is 1. The first kappa shape index (κ1) is 12.9. The number of aryl methyl sites for hydroxylation is 2. The minimum Gasteiger partial charge on any atom is -0.444 e. The predicted molar refractivity (Wildman–Crippen MR) is 68.3 cm³/mol. The van der Waals surface area contributed by atoms with Crippen molar-refractivity contribution in [2.75, 3.05) is 0 Å². The van der Waals surface area contributed by atoms with Gasteiger partial charge in [-0.3, -0.25) is 4.79 Å². The molecule has 0 aliphatic carbocycles. The highest BCUT2D eigenvalue weighted by Gasteiger charge is 2.20. The third-order valence-electron chi connectivity index (χ3n) is 2.67. The number of carbonyl (C=O) groups excluding carboxylic acids is 1. The summed E-state index contributed by atoms with van der Waals surface area (Å²) in [6.07, 6.45) is 0. The fourth-order valence-corrected chi connectivity index (χ4v) is 2.19. The van der Waals surface area contributed by atoms with E-state index in [-0.39, 0.29) is 17.7 Å². The Kier molecular flexibility index (Phi) is 3.56. The molecular weight excluding hydrogens is 300 g/mol. The average Bonchev–Trinajstić information content (AvgIpc) is 2.85. The lowest BCUT2D eigenvalue weighted by Gasteiger charge is -2.12. The van der Waals surface area contributed by atoms with Gasteiger partial charge in [-0.1, -0.05) is 5.16 Å². The number of nitrogens with one attached hydrogen (secondary N) is 1. The van der Waals surface area contributed by atoms with Crippen molar-refractivity contribution in [1.29, 1.82) is 0 Å². The third-order valence-corrected chi connectivity index (χ3v) is 3.09. The maximum Gasteiger partial charge on any atom is 0.287 e. The van der Waals surface area contributed by atoms with Crippen LogP contribution in [0, 0.1) is 13.8 Å². The van der Waals surface area contributed by atoms with Crippen LogP contribution in [0.3, 0.4) is 0 Å². The Bertz CT molecular complexity index is 554. The smallest absolute Gasteiger partial charge is 0.287 e. The van der Waals surface area contributed by atoms with E-state index in [4.69, 9.17) is 8.94 Å². The molecule has 2 heterocycles. The van der Waals surface area contributed by atoms with Crippen LogP contribution >= 0.6 is 15.9 Å². The van der Waals surface area contributed by atoms with Gasteiger partial charge in [-0.15, -0.1) is 0 Å². The molecule has 1 unspecified atom stereocenters. The fraction of sp³-hybridized carbons (Fsp3) is 0.333. The van der Waals surface area contributed by atoms with Crippen LogP contribution in [0.1, 0.15) is 40.5 Å². The first-order chi connectivity index (χ1) is 8.49. The van der Waals surface area contributed by atoms with Crippen molar-refractivity contribution in [3.63, 3.8) is 0 Å². The molecule has 0 spiro atoms. The number of rotatable bonds is 3. The Morgan fingerprint density at radius 2 is 2.17 bits per heavy atom. The number of hydrogen-bond acceptors (Lipinski definition) is 4. The van der Waals surface area contributed by atoms with Crippen molar-refractivity contribution in [2.24, 2.45) is 0 Å². The summed E-state index contributed by atoms with van der Waals surface area (Å²) in [6.45, 7) is 5.54. The summed E-state index contributed by atoms with van der Waals surface area (Å²) < 4.78 is 10.8. The van der Waals surface area contributed by atoms with Gasteiger partial charge in [0.1, 0.15) is 5.76 Å². The average molecular weight is 313 g/mol. The van der Waals surface area contributed by atoms with Gasteiger partial charge in [0.2, 0.25) is 0 Å². The van der Waals surface area contributed by atoms with Crippen molar-refractivity contribution in [3.05, 3.63) is 39.6 Å². The lowest BCUT2D eigenvalue weighted by atomic mass is 10.1. The molecule has 1 atom stereocenters. The summed E-state index contributed by atoms with van der Waals surface area (Å²) >= 11 is 3.16. The maximum atomic E-state index is 11.9. The van der Waals surface area contributed by atoms with Gasteiger partial charge in [-0.2, -0.15) is 0 Å². The van der Waals surface area contributed by atoms with E-state index < -0.39 is 0 Å². The Labute approximate surface area is 113 Å². The zero-order valence-electron chi connectivity index (χ0n) is 10.3. The molecular formula is C12H13BrN2O3. The van der Waals surface area contributed by atoms with E-state index in [1.54, 1.807) is 12.1 Å². The summed E-state index contributed by atoms with van der Waals surface area (Å²) in [5.74, 6) is 0.703. The van der Waals surface area contributed by atoms with Crippen LogP contribution in [0.25, 0.3) is 0 Å². The van der Waals surface area contributed by atoms with Crippen molar-refractivity contribution < 1.29 is 13.7 Å². The summed E-state index contributed by atoms with van der Waals surface area (Å²) in [6, 6.07) is 3.10. The van der Waals surface area contributed by atoms with E-state index in [0.29, 0.717) is 10.4 Å². The fourth-order valence-electron chi connectivity index (χ4n) is 1.88. The lowest BCUT2D eigenvalue weighted by Crippen LogP contribution is -2.26. The summed E-state index contributed by atoms with van der Waals surface area (Å²) in [5.41, 5.74) is 1.68. The number of furan rings is 1. The number of halogens is 1. The zero-order chi connectivity index (χ0) is 13.3. The van der Waals surface area contributed by atoms with Gasteiger partial charge in [0.25, 0.3) is 5.91 Å².